The molecule has 3 heterocycles. The van der Waals surface area contributed by atoms with Crippen molar-refractivity contribution in [1.29, 1.82) is 0 Å². The first kappa shape index (κ1) is 29.8. The van der Waals surface area contributed by atoms with Gasteiger partial charge in [-0.15, -0.1) is 11.3 Å². The smallest absolute Gasteiger partial charge is 0.309 e. The number of aliphatic hydroxyl groups is 3. The van der Waals surface area contributed by atoms with Crippen molar-refractivity contribution < 1.29 is 38.8 Å². The highest BCUT2D eigenvalue weighted by atomic mass is 32.1. The number of aliphatic hydroxyl groups excluding tert-OH is 3. The summed E-state index contributed by atoms with van der Waals surface area (Å²) in [7, 11) is 0. The highest BCUT2D eigenvalue weighted by Gasteiger charge is 2.53. The van der Waals surface area contributed by atoms with Crippen molar-refractivity contribution in [2.75, 3.05) is 0 Å². The van der Waals surface area contributed by atoms with E-state index in [4.69, 9.17) is 9.47 Å². The van der Waals surface area contributed by atoms with Gasteiger partial charge >= 0.3 is 5.97 Å². The van der Waals surface area contributed by atoms with Gasteiger partial charge in [0.1, 0.15) is 16.6 Å². The van der Waals surface area contributed by atoms with Gasteiger partial charge in [-0.3, -0.25) is 9.59 Å². The lowest BCUT2D eigenvalue weighted by Gasteiger charge is -2.35. The maximum absolute atomic E-state index is 15.4. The zero-order chi connectivity index (χ0) is 27.5. The van der Waals surface area contributed by atoms with Crippen molar-refractivity contribution in [3.8, 4) is 0 Å². The van der Waals surface area contributed by atoms with Crippen LogP contribution >= 0.6 is 11.3 Å². The summed E-state index contributed by atoms with van der Waals surface area (Å²) < 4.78 is 26.7. The molecule has 1 aromatic rings. The number of aromatic nitrogens is 1. The van der Waals surface area contributed by atoms with Crippen molar-refractivity contribution in [2.24, 2.45) is 17.3 Å². The van der Waals surface area contributed by atoms with Crippen LogP contribution in [0, 0.1) is 17.3 Å². The molecule has 0 radical (unpaired) electrons. The molecule has 7 atom stereocenters. The van der Waals surface area contributed by atoms with Gasteiger partial charge in [0.2, 0.25) is 0 Å². The number of nitrogens with zero attached hydrogens (tertiary/aromatic N) is 1. The van der Waals surface area contributed by atoms with Crippen LogP contribution in [-0.2, 0) is 25.7 Å². The third kappa shape index (κ3) is 7.03. The van der Waals surface area contributed by atoms with Crippen molar-refractivity contribution in [2.45, 2.75) is 110 Å². The molecule has 2 saturated heterocycles. The molecule has 1 aromatic heterocycles. The number of halogens is 1. The largest absolute Gasteiger partial charge is 0.455 e. The zero-order valence-electron chi connectivity index (χ0n) is 22.3. The van der Waals surface area contributed by atoms with Gasteiger partial charge in [0, 0.05) is 17.7 Å². The number of thiazole rings is 1. The van der Waals surface area contributed by atoms with E-state index < -0.39 is 53.5 Å². The summed E-state index contributed by atoms with van der Waals surface area (Å²) in [6.45, 7) is 8.52. The van der Waals surface area contributed by atoms with Gasteiger partial charge < -0.3 is 24.8 Å². The number of hydrogen-bond donors (Lipinski definition) is 3. The van der Waals surface area contributed by atoms with E-state index in [-0.39, 0.29) is 30.8 Å². The number of cyclic esters (lactones) is 1. The third-order valence-electron chi connectivity index (χ3n) is 7.97. The van der Waals surface area contributed by atoms with Crippen molar-refractivity contribution in [3.63, 3.8) is 0 Å². The maximum atomic E-state index is 15.4. The lowest BCUT2D eigenvalue weighted by atomic mass is 9.71. The number of rotatable bonds is 4. The van der Waals surface area contributed by atoms with E-state index in [1.54, 1.807) is 19.2 Å². The molecule has 2 aliphatic heterocycles. The highest BCUT2D eigenvalue weighted by molar-refractivity contribution is 7.09. The van der Waals surface area contributed by atoms with Crippen LogP contribution in [0.25, 0.3) is 6.08 Å². The van der Waals surface area contributed by atoms with Crippen LogP contribution in [0.15, 0.2) is 11.2 Å². The lowest BCUT2D eigenvalue weighted by Crippen LogP contribution is -2.46. The van der Waals surface area contributed by atoms with Crippen LogP contribution in [0.4, 0.5) is 4.39 Å². The van der Waals surface area contributed by atoms with E-state index in [2.05, 4.69) is 4.98 Å². The number of carbonyl (C=O) groups excluding carboxylic acids is 2. The Morgan fingerprint density at radius 1 is 1.30 bits per heavy atom. The summed E-state index contributed by atoms with van der Waals surface area (Å²) in [5.41, 5.74) is -1.52. The molecule has 0 aromatic carbocycles. The van der Waals surface area contributed by atoms with E-state index in [0.29, 0.717) is 30.0 Å². The minimum absolute atomic E-state index is 0.0933. The maximum Gasteiger partial charge on any atom is 0.309 e. The predicted octanol–water partition coefficient (Wildman–Crippen LogP) is 3.96. The number of ether oxygens (including phenoxy) is 2. The average molecular weight is 542 g/mol. The molecule has 2 aliphatic rings. The normalized spacial score (nSPS) is 36.1. The molecule has 10 heteroatoms. The summed E-state index contributed by atoms with van der Waals surface area (Å²) >= 11 is 1.19. The molecular weight excluding hydrogens is 501 g/mol. The van der Waals surface area contributed by atoms with Crippen LogP contribution in [-0.4, -0.2) is 62.1 Å². The molecule has 0 amide bonds. The summed E-state index contributed by atoms with van der Waals surface area (Å²) in [6.07, 6.45) is -0.544. The Balaban J connectivity index is 1.87. The van der Waals surface area contributed by atoms with Gasteiger partial charge in [-0.1, -0.05) is 34.1 Å². The van der Waals surface area contributed by atoms with E-state index in [0.717, 1.165) is 6.42 Å². The number of Topliss-reactive ketones (excluding diaryl/α,β-unsaturated/α-hetero) is 1. The second kappa shape index (κ2) is 12.0. The van der Waals surface area contributed by atoms with Gasteiger partial charge in [-0.2, -0.15) is 0 Å². The Hall–Kier alpha value is -1.72. The molecular formula is C27H40FNO7S. The SMILES string of the molecule is CC[C@H]1C(=O)C(C)(C)[C@@H](O)CC(=O)O[C@H](C(F)=Cc2csc(CO)n2)C[C@@H]2O[C@]2(C)CCC[C@H](C)[C@@H]1O. The molecule has 0 unspecified atom stereocenters. The van der Waals surface area contributed by atoms with Crippen LogP contribution < -0.4 is 0 Å². The van der Waals surface area contributed by atoms with Crippen LogP contribution in [0.5, 0.6) is 0 Å². The minimum atomic E-state index is -1.38. The van der Waals surface area contributed by atoms with E-state index in [1.807, 2.05) is 20.8 Å². The molecule has 37 heavy (non-hydrogen) atoms. The summed E-state index contributed by atoms with van der Waals surface area (Å²) in [5.74, 6) is -2.69. The van der Waals surface area contributed by atoms with Crippen LogP contribution in [0.3, 0.4) is 0 Å². The number of epoxide rings is 1. The summed E-state index contributed by atoms with van der Waals surface area (Å²) in [6, 6.07) is 0. The number of ketones is 1. The molecule has 208 valence electrons. The second-order valence-corrected chi connectivity index (χ2v) is 12.1. The molecule has 0 aliphatic carbocycles. The van der Waals surface area contributed by atoms with Crippen molar-refractivity contribution in [1.82, 2.24) is 4.98 Å². The molecule has 8 nitrogen and oxygen atoms in total. The van der Waals surface area contributed by atoms with Gasteiger partial charge in [-0.25, -0.2) is 9.37 Å². The molecule has 0 spiro atoms. The van der Waals surface area contributed by atoms with Crippen molar-refractivity contribution in [3.05, 3.63) is 21.9 Å². The molecule has 3 N–H and O–H groups in total. The van der Waals surface area contributed by atoms with E-state index in [9.17, 15) is 24.9 Å². The topological polar surface area (TPSA) is 129 Å². The fraction of sp³-hybridized carbons (Fsp3) is 0.741. The molecule has 3 rings (SSSR count). The Labute approximate surface area is 221 Å². The van der Waals surface area contributed by atoms with Gasteiger partial charge in [0.25, 0.3) is 0 Å². The van der Waals surface area contributed by atoms with Gasteiger partial charge in [0.15, 0.2) is 6.10 Å². The second-order valence-electron chi connectivity index (χ2n) is 11.2. The minimum Gasteiger partial charge on any atom is -0.455 e. The van der Waals surface area contributed by atoms with Gasteiger partial charge in [0.05, 0.1) is 48.0 Å². The Bertz CT molecular complexity index is 995. The molecule has 2 fully saturated rings. The number of hydrogen-bond acceptors (Lipinski definition) is 9. The lowest BCUT2D eigenvalue weighted by molar-refractivity contribution is -0.155. The summed E-state index contributed by atoms with van der Waals surface area (Å²) in [5, 5.41) is 33.1. The Morgan fingerprint density at radius 3 is 2.62 bits per heavy atom. The fourth-order valence-electron chi connectivity index (χ4n) is 5.10. The van der Waals surface area contributed by atoms with Gasteiger partial charge in [-0.05, 0) is 38.2 Å². The Kier molecular flexibility index (Phi) is 9.66. The summed E-state index contributed by atoms with van der Waals surface area (Å²) in [4.78, 5) is 30.4. The van der Waals surface area contributed by atoms with E-state index in [1.165, 1.54) is 17.4 Å². The average Bonchev–Trinajstić information content (AvgIpc) is 3.24. The molecule has 0 bridgehead atoms. The monoisotopic (exact) mass is 541 g/mol. The molecule has 0 saturated carbocycles. The first-order chi connectivity index (χ1) is 17.3. The quantitative estimate of drug-likeness (QED) is 0.386. The fourth-order valence-corrected chi connectivity index (χ4v) is 5.71. The van der Waals surface area contributed by atoms with Crippen LogP contribution in [0.2, 0.25) is 0 Å². The third-order valence-corrected chi connectivity index (χ3v) is 8.82. The van der Waals surface area contributed by atoms with Crippen LogP contribution in [0.1, 0.15) is 83.8 Å². The predicted molar refractivity (Wildman–Crippen MR) is 137 cm³/mol. The van der Waals surface area contributed by atoms with E-state index >= 15 is 4.39 Å². The first-order valence-electron chi connectivity index (χ1n) is 13.0. The van der Waals surface area contributed by atoms with Crippen molar-refractivity contribution >= 4 is 29.2 Å². The first-order valence-corrected chi connectivity index (χ1v) is 13.9. The standard InChI is InChI=1S/C27H40FNO7S/c1-6-17-24(33)15(2)8-7-9-27(5)21(36-27)11-19(18(28)10-16-14-37-22(13-30)29-16)35-23(32)12-20(31)26(3,4)25(17)34/h10,14-15,17,19-21,24,30-31,33H,6-9,11-13H2,1-5H3/t15-,17+,19-,20-,21-,24-,27+/m0/s1. The zero-order valence-corrected chi connectivity index (χ0v) is 23.1. The Morgan fingerprint density at radius 2 is 2.00 bits per heavy atom. The highest BCUT2D eigenvalue weighted by Crippen LogP contribution is 2.45. The number of carbonyl (C=O) groups is 2. The number of esters is 1. The number of fused-ring (bicyclic) bond motifs is 1.